The lowest BCUT2D eigenvalue weighted by atomic mass is 10.0. The largest absolute Gasteiger partial charge is 0.485 e. The van der Waals surface area contributed by atoms with E-state index in [0.717, 1.165) is 19.4 Å². The fourth-order valence-corrected chi connectivity index (χ4v) is 4.56. The second-order valence-corrected chi connectivity index (χ2v) is 8.22. The minimum atomic E-state index is -0.637. The van der Waals surface area contributed by atoms with Crippen LogP contribution in [0, 0.1) is 0 Å². The van der Waals surface area contributed by atoms with Gasteiger partial charge in [0.05, 0.1) is 6.54 Å². The third-order valence-corrected chi connectivity index (χ3v) is 6.26. The third kappa shape index (κ3) is 4.04. The number of fused-ring (bicyclic) bond motifs is 2. The zero-order chi connectivity index (χ0) is 21.2. The molecule has 1 atom stereocenters. The van der Waals surface area contributed by atoms with E-state index in [1.165, 1.54) is 11.3 Å². The Hall–Kier alpha value is -3.22. The average Bonchev–Trinajstić information content (AvgIpc) is 2.83. The molecule has 3 aliphatic heterocycles. The van der Waals surface area contributed by atoms with Crippen molar-refractivity contribution >= 4 is 17.5 Å². The molecule has 2 aromatic carbocycles. The van der Waals surface area contributed by atoms with Gasteiger partial charge in [-0.05, 0) is 36.6 Å². The molecule has 1 saturated heterocycles. The van der Waals surface area contributed by atoms with Crippen LogP contribution in [0.5, 0.6) is 11.5 Å². The summed E-state index contributed by atoms with van der Waals surface area (Å²) in [6, 6.07) is 15.7. The van der Waals surface area contributed by atoms with E-state index in [1.54, 1.807) is 4.90 Å². The number of para-hydroxylation sites is 3. The molecule has 7 nitrogen and oxygen atoms in total. The zero-order valence-electron chi connectivity index (χ0n) is 17.5. The summed E-state index contributed by atoms with van der Waals surface area (Å²) in [7, 11) is 0. The molecule has 0 unspecified atom stereocenters. The molecule has 1 fully saturated rings. The number of hydrogen-bond donors (Lipinski definition) is 0. The smallest absolute Gasteiger partial charge is 0.267 e. The molecule has 0 N–H and O–H groups in total. The number of piperazine rings is 1. The van der Waals surface area contributed by atoms with Crippen LogP contribution in [0.1, 0.15) is 12.0 Å². The Morgan fingerprint density at radius 3 is 2.42 bits per heavy atom. The Balaban J connectivity index is 1.15. The van der Waals surface area contributed by atoms with Gasteiger partial charge in [-0.3, -0.25) is 9.59 Å². The summed E-state index contributed by atoms with van der Waals surface area (Å²) in [4.78, 5) is 31.7. The first-order valence-electron chi connectivity index (χ1n) is 11.0. The van der Waals surface area contributed by atoms with Crippen molar-refractivity contribution in [3.63, 3.8) is 0 Å². The van der Waals surface area contributed by atoms with Gasteiger partial charge in [0.1, 0.15) is 6.61 Å². The number of hydrogen-bond acceptors (Lipinski definition) is 5. The van der Waals surface area contributed by atoms with Gasteiger partial charge in [-0.15, -0.1) is 0 Å². The summed E-state index contributed by atoms with van der Waals surface area (Å²) < 4.78 is 11.5. The van der Waals surface area contributed by atoms with Crippen molar-refractivity contribution in [3.05, 3.63) is 54.1 Å². The molecule has 3 aliphatic rings. The molecule has 162 valence electrons. The maximum atomic E-state index is 12.9. The summed E-state index contributed by atoms with van der Waals surface area (Å²) in [5.41, 5.74) is 2.49. The summed E-state index contributed by atoms with van der Waals surface area (Å²) in [6.07, 6.45) is 1.50. The summed E-state index contributed by atoms with van der Waals surface area (Å²) >= 11 is 0. The molecular formula is C24H27N3O4. The number of carbonyl (C=O) groups excluding carboxylic acids is 2. The first-order chi connectivity index (χ1) is 15.2. The highest BCUT2D eigenvalue weighted by molar-refractivity contribution is 5.84. The number of anilines is 1. The Morgan fingerprint density at radius 1 is 0.871 bits per heavy atom. The van der Waals surface area contributed by atoms with E-state index in [2.05, 4.69) is 23.1 Å². The van der Waals surface area contributed by atoms with Gasteiger partial charge in [-0.1, -0.05) is 30.3 Å². The highest BCUT2D eigenvalue weighted by Crippen LogP contribution is 2.31. The van der Waals surface area contributed by atoms with Crippen LogP contribution < -0.4 is 14.4 Å². The van der Waals surface area contributed by atoms with Gasteiger partial charge in [0.25, 0.3) is 5.91 Å². The monoisotopic (exact) mass is 421 g/mol. The molecule has 5 rings (SSSR count). The number of carbonyl (C=O) groups is 2. The van der Waals surface area contributed by atoms with Gasteiger partial charge < -0.3 is 24.2 Å². The highest BCUT2D eigenvalue weighted by Gasteiger charge is 2.33. The summed E-state index contributed by atoms with van der Waals surface area (Å²) in [6.45, 7) is 3.63. The minimum Gasteiger partial charge on any atom is -0.485 e. The number of aryl methyl sites for hydroxylation is 1. The first kappa shape index (κ1) is 19.7. The van der Waals surface area contributed by atoms with Crippen molar-refractivity contribution in [2.24, 2.45) is 0 Å². The van der Waals surface area contributed by atoms with Crippen molar-refractivity contribution in [1.82, 2.24) is 9.80 Å². The third-order valence-electron chi connectivity index (χ3n) is 6.26. The topological polar surface area (TPSA) is 62.3 Å². The normalized spacial score (nSPS) is 20.3. The molecule has 0 spiro atoms. The van der Waals surface area contributed by atoms with Gasteiger partial charge in [-0.2, -0.15) is 0 Å². The average molecular weight is 421 g/mol. The van der Waals surface area contributed by atoms with Crippen LogP contribution in [0.15, 0.2) is 48.5 Å². The van der Waals surface area contributed by atoms with Crippen molar-refractivity contribution in [1.29, 1.82) is 0 Å². The van der Waals surface area contributed by atoms with E-state index in [1.807, 2.05) is 35.2 Å². The fourth-order valence-electron chi connectivity index (χ4n) is 4.56. The van der Waals surface area contributed by atoms with Crippen LogP contribution >= 0.6 is 0 Å². The molecule has 0 radical (unpaired) electrons. The number of nitrogens with zero attached hydrogens (tertiary/aromatic N) is 3. The summed E-state index contributed by atoms with van der Waals surface area (Å²) in [5, 5.41) is 0. The van der Waals surface area contributed by atoms with Crippen LogP contribution in [0.2, 0.25) is 0 Å². The van der Waals surface area contributed by atoms with Gasteiger partial charge in [0.2, 0.25) is 12.0 Å². The Labute approximate surface area is 182 Å². The van der Waals surface area contributed by atoms with Crippen LogP contribution in [0.4, 0.5) is 5.69 Å². The Bertz CT molecular complexity index is 971. The molecule has 2 aromatic rings. The van der Waals surface area contributed by atoms with Gasteiger partial charge in [-0.25, -0.2) is 0 Å². The van der Waals surface area contributed by atoms with Crippen LogP contribution in [0.3, 0.4) is 0 Å². The van der Waals surface area contributed by atoms with Crippen LogP contribution in [-0.2, 0) is 16.0 Å². The van der Waals surface area contributed by atoms with E-state index < -0.39 is 6.10 Å². The molecule has 7 heteroatoms. The molecule has 0 aliphatic carbocycles. The quantitative estimate of drug-likeness (QED) is 0.758. The summed E-state index contributed by atoms with van der Waals surface area (Å²) in [5.74, 6) is 1.31. The predicted molar refractivity (Wildman–Crippen MR) is 116 cm³/mol. The molecular weight excluding hydrogens is 394 g/mol. The lowest BCUT2D eigenvalue weighted by Gasteiger charge is -2.38. The SMILES string of the molecule is O=C(CN1CCCc2ccccc21)N1CCN(C(=O)[C@H]2COc3ccccc3O2)CC1. The van der Waals surface area contributed by atoms with Crippen LogP contribution in [-0.4, -0.2) is 73.6 Å². The van der Waals surface area contributed by atoms with E-state index in [9.17, 15) is 9.59 Å². The van der Waals surface area contributed by atoms with Crippen molar-refractivity contribution in [2.45, 2.75) is 18.9 Å². The lowest BCUT2D eigenvalue weighted by Crippen LogP contribution is -2.56. The second-order valence-electron chi connectivity index (χ2n) is 8.22. The van der Waals surface area contributed by atoms with Gasteiger partial charge >= 0.3 is 0 Å². The molecule has 0 aromatic heterocycles. The maximum absolute atomic E-state index is 12.9. The predicted octanol–water partition coefficient (Wildman–Crippen LogP) is 1.95. The maximum Gasteiger partial charge on any atom is 0.267 e. The van der Waals surface area contributed by atoms with Crippen molar-refractivity contribution < 1.29 is 19.1 Å². The number of benzene rings is 2. The Morgan fingerprint density at radius 2 is 1.58 bits per heavy atom. The van der Waals surface area contributed by atoms with Crippen molar-refractivity contribution in [2.75, 3.05) is 50.8 Å². The van der Waals surface area contributed by atoms with Crippen molar-refractivity contribution in [3.8, 4) is 11.5 Å². The number of amides is 2. The van der Waals surface area contributed by atoms with E-state index in [0.29, 0.717) is 44.2 Å². The molecule has 0 saturated carbocycles. The zero-order valence-corrected chi connectivity index (χ0v) is 17.5. The minimum absolute atomic E-state index is 0.0773. The molecule has 0 bridgehead atoms. The van der Waals surface area contributed by atoms with E-state index >= 15 is 0 Å². The lowest BCUT2D eigenvalue weighted by molar-refractivity contribution is -0.145. The fraction of sp³-hybridized carbons (Fsp3) is 0.417. The van der Waals surface area contributed by atoms with Gasteiger partial charge in [0.15, 0.2) is 11.5 Å². The molecule has 2 amide bonds. The Kier molecular flexibility index (Phi) is 5.40. The van der Waals surface area contributed by atoms with Crippen LogP contribution in [0.25, 0.3) is 0 Å². The standard InChI is InChI=1S/C24H27N3O4/c28-23(16-27-11-5-7-18-6-1-2-8-19(18)27)25-12-14-26(15-13-25)24(29)22-17-30-20-9-3-4-10-21(20)31-22/h1-4,6,8-10,22H,5,7,11-17H2/t22-/m1/s1. The number of rotatable bonds is 3. The second kappa shape index (κ2) is 8.49. The van der Waals surface area contributed by atoms with E-state index in [-0.39, 0.29) is 18.4 Å². The molecule has 3 heterocycles. The highest BCUT2D eigenvalue weighted by atomic mass is 16.6. The van der Waals surface area contributed by atoms with E-state index in [4.69, 9.17) is 9.47 Å². The van der Waals surface area contributed by atoms with Gasteiger partial charge in [0, 0.05) is 38.4 Å². The number of ether oxygens (including phenoxy) is 2. The first-order valence-corrected chi connectivity index (χ1v) is 11.0. The molecule has 31 heavy (non-hydrogen) atoms.